The van der Waals surface area contributed by atoms with Crippen LogP contribution in [0.1, 0.15) is 30.9 Å². The number of nitrogens with one attached hydrogen (secondary N) is 1. The third-order valence-electron chi connectivity index (χ3n) is 3.66. The van der Waals surface area contributed by atoms with Crippen molar-refractivity contribution in [1.29, 1.82) is 0 Å². The summed E-state index contributed by atoms with van der Waals surface area (Å²) in [6.45, 7) is 0.538. The first-order valence-corrected chi connectivity index (χ1v) is 7.81. The fourth-order valence-electron chi connectivity index (χ4n) is 2.37. The van der Waals surface area contributed by atoms with Crippen LogP contribution in [-0.2, 0) is 4.79 Å². The molecule has 1 aromatic carbocycles. The first kappa shape index (κ1) is 13.3. The Labute approximate surface area is 121 Å². The zero-order valence-corrected chi connectivity index (χ0v) is 12.0. The standard InChI is InChI=1S/C14H16ClNO2S/c15-11-5-8(1-4-13(11)19-10-2-3-10)12-6-9(7-16-12)14(17)18/h1,4-5,9-10,12,16H,2-3,6-7H2,(H,17,18). The minimum atomic E-state index is -0.720. The number of rotatable bonds is 4. The van der Waals surface area contributed by atoms with Crippen LogP contribution < -0.4 is 5.32 Å². The van der Waals surface area contributed by atoms with Gasteiger partial charge in [-0.05, 0) is 37.0 Å². The number of halogens is 1. The van der Waals surface area contributed by atoms with E-state index in [1.165, 1.54) is 12.8 Å². The summed E-state index contributed by atoms with van der Waals surface area (Å²) >= 11 is 8.16. The van der Waals surface area contributed by atoms with Gasteiger partial charge in [0.25, 0.3) is 0 Å². The molecule has 3 nitrogen and oxygen atoms in total. The van der Waals surface area contributed by atoms with Gasteiger partial charge >= 0.3 is 5.97 Å². The van der Waals surface area contributed by atoms with Crippen molar-refractivity contribution < 1.29 is 9.90 Å². The highest BCUT2D eigenvalue weighted by molar-refractivity contribution is 8.00. The first-order valence-electron chi connectivity index (χ1n) is 6.56. The molecule has 0 bridgehead atoms. The van der Waals surface area contributed by atoms with Crippen molar-refractivity contribution in [3.63, 3.8) is 0 Å². The highest BCUT2D eigenvalue weighted by Crippen LogP contribution is 2.42. The zero-order valence-electron chi connectivity index (χ0n) is 10.4. The Balaban J connectivity index is 1.71. The lowest BCUT2D eigenvalue weighted by Crippen LogP contribution is -2.17. The van der Waals surface area contributed by atoms with E-state index in [1.807, 2.05) is 17.8 Å². The quantitative estimate of drug-likeness (QED) is 0.895. The molecule has 2 unspecified atom stereocenters. The smallest absolute Gasteiger partial charge is 0.307 e. The molecule has 2 N–H and O–H groups in total. The number of hydrogen-bond acceptors (Lipinski definition) is 3. The van der Waals surface area contributed by atoms with Crippen molar-refractivity contribution in [2.45, 2.75) is 35.4 Å². The summed E-state index contributed by atoms with van der Waals surface area (Å²) in [6.07, 6.45) is 3.21. The summed E-state index contributed by atoms with van der Waals surface area (Å²) in [5.74, 6) is -1.01. The van der Waals surface area contributed by atoms with Crippen LogP contribution in [0.15, 0.2) is 23.1 Å². The maximum absolute atomic E-state index is 11.0. The molecule has 0 radical (unpaired) electrons. The van der Waals surface area contributed by atoms with E-state index < -0.39 is 5.97 Å². The van der Waals surface area contributed by atoms with E-state index in [2.05, 4.69) is 17.4 Å². The summed E-state index contributed by atoms with van der Waals surface area (Å²) in [5.41, 5.74) is 1.09. The number of hydrogen-bond donors (Lipinski definition) is 2. The Morgan fingerprint density at radius 1 is 1.42 bits per heavy atom. The molecule has 3 rings (SSSR count). The molecule has 1 aliphatic heterocycles. The third kappa shape index (κ3) is 3.07. The molecule has 1 saturated carbocycles. The van der Waals surface area contributed by atoms with E-state index in [0.29, 0.717) is 13.0 Å². The second-order valence-electron chi connectivity index (χ2n) is 5.24. The molecule has 0 aromatic heterocycles. The maximum Gasteiger partial charge on any atom is 0.307 e. The fourth-order valence-corrected chi connectivity index (χ4v) is 3.74. The van der Waals surface area contributed by atoms with E-state index in [9.17, 15) is 4.79 Å². The van der Waals surface area contributed by atoms with Crippen molar-refractivity contribution in [3.8, 4) is 0 Å². The summed E-state index contributed by atoms with van der Waals surface area (Å²) in [4.78, 5) is 12.1. The molecule has 19 heavy (non-hydrogen) atoms. The van der Waals surface area contributed by atoms with Gasteiger partial charge in [0.2, 0.25) is 0 Å². The summed E-state index contributed by atoms with van der Waals surface area (Å²) in [5, 5.41) is 13.8. The van der Waals surface area contributed by atoms with Crippen LogP contribution in [0.2, 0.25) is 5.02 Å². The van der Waals surface area contributed by atoms with Crippen molar-refractivity contribution in [3.05, 3.63) is 28.8 Å². The van der Waals surface area contributed by atoms with Gasteiger partial charge in [0, 0.05) is 22.7 Å². The van der Waals surface area contributed by atoms with Gasteiger partial charge < -0.3 is 10.4 Å². The predicted octanol–water partition coefficient (Wildman–Crippen LogP) is 3.33. The monoisotopic (exact) mass is 297 g/mol. The molecule has 2 aliphatic rings. The van der Waals surface area contributed by atoms with Gasteiger partial charge in [0.15, 0.2) is 0 Å². The molecule has 5 heteroatoms. The second-order valence-corrected chi connectivity index (χ2v) is 6.99. The minimum Gasteiger partial charge on any atom is -0.481 e. The zero-order chi connectivity index (χ0) is 13.4. The van der Waals surface area contributed by atoms with Crippen LogP contribution in [0.4, 0.5) is 0 Å². The van der Waals surface area contributed by atoms with E-state index in [4.69, 9.17) is 16.7 Å². The lowest BCUT2D eigenvalue weighted by molar-refractivity contribution is -0.141. The molecular formula is C14H16ClNO2S. The van der Waals surface area contributed by atoms with Crippen LogP contribution in [0.25, 0.3) is 0 Å². The van der Waals surface area contributed by atoms with Crippen LogP contribution in [-0.4, -0.2) is 22.9 Å². The summed E-state index contributed by atoms with van der Waals surface area (Å²) < 4.78 is 0. The van der Waals surface area contributed by atoms with E-state index in [0.717, 1.165) is 20.7 Å². The molecule has 0 spiro atoms. The fraction of sp³-hybridized carbons (Fsp3) is 0.500. The molecule has 0 amide bonds. The van der Waals surface area contributed by atoms with Crippen LogP contribution in [0, 0.1) is 5.92 Å². The lowest BCUT2D eigenvalue weighted by Gasteiger charge is -2.12. The molecule has 1 aliphatic carbocycles. The summed E-state index contributed by atoms with van der Waals surface area (Å²) in [7, 11) is 0. The molecule has 1 saturated heterocycles. The third-order valence-corrected chi connectivity index (χ3v) is 5.50. The normalized spacial score (nSPS) is 26.6. The highest BCUT2D eigenvalue weighted by atomic mass is 35.5. The van der Waals surface area contributed by atoms with Gasteiger partial charge in [-0.15, -0.1) is 11.8 Å². The first-order chi connectivity index (χ1) is 9.13. The summed E-state index contributed by atoms with van der Waals surface area (Å²) in [6, 6.07) is 6.22. The van der Waals surface area contributed by atoms with E-state index in [-0.39, 0.29) is 12.0 Å². The van der Waals surface area contributed by atoms with Gasteiger partial charge in [-0.2, -0.15) is 0 Å². The van der Waals surface area contributed by atoms with Gasteiger partial charge in [0.1, 0.15) is 0 Å². The maximum atomic E-state index is 11.0. The molecule has 102 valence electrons. The Morgan fingerprint density at radius 3 is 2.79 bits per heavy atom. The predicted molar refractivity (Wildman–Crippen MR) is 76.8 cm³/mol. The lowest BCUT2D eigenvalue weighted by atomic mass is 10.0. The molecule has 2 fully saturated rings. The highest BCUT2D eigenvalue weighted by Gasteiger charge is 2.30. The molecule has 2 atom stereocenters. The number of thioether (sulfide) groups is 1. The number of carboxylic acids is 1. The average molecular weight is 298 g/mol. The van der Waals surface area contributed by atoms with Crippen molar-refractivity contribution in [2.75, 3.05) is 6.54 Å². The number of benzene rings is 1. The van der Waals surface area contributed by atoms with Gasteiger partial charge in [-0.1, -0.05) is 17.7 Å². The number of carbonyl (C=O) groups is 1. The van der Waals surface area contributed by atoms with Crippen molar-refractivity contribution in [1.82, 2.24) is 5.32 Å². The van der Waals surface area contributed by atoms with Crippen LogP contribution >= 0.6 is 23.4 Å². The molecule has 1 aromatic rings. The van der Waals surface area contributed by atoms with Gasteiger partial charge in [-0.25, -0.2) is 0 Å². The van der Waals surface area contributed by atoms with Crippen LogP contribution in [0.3, 0.4) is 0 Å². The van der Waals surface area contributed by atoms with E-state index >= 15 is 0 Å². The van der Waals surface area contributed by atoms with Crippen molar-refractivity contribution >= 4 is 29.3 Å². The Morgan fingerprint density at radius 2 is 2.21 bits per heavy atom. The van der Waals surface area contributed by atoms with Crippen molar-refractivity contribution in [2.24, 2.45) is 5.92 Å². The Hall–Kier alpha value is -0.710. The molecular weight excluding hydrogens is 282 g/mol. The molecule has 1 heterocycles. The van der Waals surface area contributed by atoms with Gasteiger partial charge in [-0.3, -0.25) is 4.79 Å². The van der Waals surface area contributed by atoms with Gasteiger partial charge in [0.05, 0.1) is 10.9 Å². The topological polar surface area (TPSA) is 49.3 Å². The SMILES string of the molecule is O=C(O)C1CNC(c2ccc(SC3CC3)c(Cl)c2)C1. The Bertz CT molecular complexity index is 504. The Kier molecular flexibility index (Phi) is 3.74. The largest absolute Gasteiger partial charge is 0.481 e. The average Bonchev–Trinajstić information content (AvgIpc) is 3.05. The number of carboxylic acid groups (broad SMARTS) is 1. The van der Waals surface area contributed by atoms with E-state index in [1.54, 1.807) is 0 Å². The number of aliphatic carboxylic acids is 1. The van der Waals surface area contributed by atoms with Crippen LogP contribution in [0.5, 0.6) is 0 Å². The minimum absolute atomic E-state index is 0.110. The second kappa shape index (κ2) is 5.35.